The zero-order valence-corrected chi connectivity index (χ0v) is 13.0. The molecule has 2 aromatic rings. The molecule has 0 saturated heterocycles. The highest BCUT2D eigenvalue weighted by Gasteiger charge is 2.12. The van der Waals surface area contributed by atoms with Crippen LogP contribution in [-0.4, -0.2) is 17.6 Å². The van der Waals surface area contributed by atoms with Crippen LogP contribution >= 0.6 is 0 Å². The fourth-order valence-electron chi connectivity index (χ4n) is 1.96. The first kappa shape index (κ1) is 15.3. The zero-order chi connectivity index (χ0) is 15.3. The minimum Gasteiger partial charge on any atom is -0.507 e. The summed E-state index contributed by atoms with van der Waals surface area (Å²) in [5, 5.41) is 12.0. The summed E-state index contributed by atoms with van der Waals surface area (Å²) in [7, 11) is -2.07. The molecule has 0 atom stereocenters. The number of aliphatic hydroxyl groups excluding tert-OH is 1. The molecule has 1 N–H and O–H groups in total. The molecular weight excluding hydrogens is 280 g/mol. The summed E-state index contributed by atoms with van der Waals surface area (Å²) in [6, 6.07) is 19.0. The van der Waals surface area contributed by atoms with Gasteiger partial charge in [0.05, 0.1) is 0 Å². The van der Waals surface area contributed by atoms with E-state index in [4.69, 9.17) is 0 Å². The van der Waals surface area contributed by atoms with Crippen molar-refractivity contribution in [1.82, 2.24) is 0 Å². The Bertz CT molecular complexity index is 695. The summed E-state index contributed by atoms with van der Waals surface area (Å²) in [4.78, 5) is 0. The molecule has 2 aromatic carbocycles. The fraction of sp³-hybridized carbons (Fsp3) is 0.111. The second kappa shape index (κ2) is 6.55. The Kier molecular flexibility index (Phi) is 4.76. The summed E-state index contributed by atoms with van der Waals surface area (Å²) in [5.74, 6) is 0.161. The molecule has 0 heterocycles. The largest absolute Gasteiger partial charge is 0.507 e. The van der Waals surface area contributed by atoms with E-state index >= 15 is 0 Å². The van der Waals surface area contributed by atoms with Gasteiger partial charge in [0.15, 0.2) is 0 Å². The highest BCUT2D eigenvalue weighted by atomic mass is 32.2. The molecular formula is C18H19O2S+. The van der Waals surface area contributed by atoms with Gasteiger partial charge in [-0.1, -0.05) is 60.7 Å². The molecule has 0 amide bonds. The van der Waals surface area contributed by atoms with Crippen LogP contribution in [0, 0.1) is 0 Å². The predicted octanol–water partition coefficient (Wildman–Crippen LogP) is 4.39. The molecule has 21 heavy (non-hydrogen) atoms. The summed E-state index contributed by atoms with van der Waals surface area (Å²) >= 11 is 0. The first-order valence-corrected chi connectivity index (χ1v) is 9.07. The zero-order valence-electron chi connectivity index (χ0n) is 12.2. The highest BCUT2D eigenvalue weighted by Crippen LogP contribution is 2.23. The molecule has 0 unspecified atom stereocenters. The van der Waals surface area contributed by atoms with Gasteiger partial charge in [-0.3, -0.25) is 0 Å². The van der Waals surface area contributed by atoms with E-state index < -0.39 is 9.93 Å². The molecule has 2 nitrogen and oxygen atoms in total. The minimum absolute atomic E-state index is 0.161. The van der Waals surface area contributed by atoms with E-state index in [1.807, 2.05) is 60.7 Å². The van der Waals surface area contributed by atoms with Crippen molar-refractivity contribution < 1.29 is 9.32 Å². The molecule has 0 aliphatic heterocycles. The van der Waals surface area contributed by atoms with Crippen molar-refractivity contribution >= 4 is 21.3 Å². The van der Waals surface area contributed by atoms with Crippen LogP contribution in [0.5, 0.6) is 0 Å². The van der Waals surface area contributed by atoms with E-state index in [9.17, 15) is 9.32 Å². The number of hydrogen-bond donors (Lipinski definition) is 1. The fourth-order valence-corrected chi connectivity index (χ4v) is 2.78. The van der Waals surface area contributed by atoms with Crippen LogP contribution in [0.1, 0.15) is 11.1 Å². The Hall–Kier alpha value is -2.13. The molecule has 0 spiro atoms. The van der Waals surface area contributed by atoms with Crippen molar-refractivity contribution in [2.24, 2.45) is 0 Å². The summed E-state index contributed by atoms with van der Waals surface area (Å²) in [6.07, 6.45) is 5.03. The Morgan fingerprint density at radius 3 is 1.86 bits per heavy atom. The van der Waals surface area contributed by atoms with Crippen LogP contribution in [0.15, 0.2) is 72.1 Å². The van der Waals surface area contributed by atoms with Crippen LogP contribution in [0.3, 0.4) is 0 Å². The number of rotatable bonds is 4. The third-order valence-corrected chi connectivity index (χ3v) is 3.70. The minimum atomic E-state index is -2.07. The number of aliphatic hydroxyl groups is 1. The number of benzene rings is 2. The third kappa shape index (κ3) is 4.72. The molecule has 0 saturated carbocycles. The van der Waals surface area contributed by atoms with Crippen LogP contribution in [0.25, 0.3) is 11.3 Å². The number of allylic oxidation sites excluding steroid dienone is 2. The Balaban J connectivity index is 2.47. The molecule has 0 bridgehead atoms. The Labute approximate surface area is 126 Å². The molecule has 0 aliphatic rings. The van der Waals surface area contributed by atoms with Gasteiger partial charge in [0, 0.05) is 11.1 Å². The summed E-state index contributed by atoms with van der Waals surface area (Å²) in [6.45, 7) is 0. The van der Waals surface area contributed by atoms with E-state index in [-0.39, 0.29) is 5.76 Å². The van der Waals surface area contributed by atoms with Gasteiger partial charge in [0.1, 0.15) is 33.6 Å². The van der Waals surface area contributed by atoms with Crippen LogP contribution in [0.2, 0.25) is 0 Å². The van der Waals surface area contributed by atoms with E-state index in [1.54, 1.807) is 24.0 Å². The van der Waals surface area contributed by atoms with Crippen molar-refractivity contribution in [3.8, 4) is 0 Å². The van der Waals surface area contributed by atoms with Crippen molar-refractivity contribution in [3.05, 3.63) is 83.3 Å². The molecule has 3 heteroatoms. The number of hydrogen-bond acceptors (Lipinski definition) is 2. The lowest BCUT2D eigenvalue weighted by Crippen LogP contribution is -2.00. The van der Waals surface area contributed by atoms with Crippen molar-refractivity contribution in [3.63, 3.8) is 0 Å². The maximum absolute atomic E-state index is 12.1. The van der Waals surface area contributed by atoms with Gasteiger partial charge in [0.2, 0.25) is 0 Å². The lowest BCUT2D eigenvalue weighted by Gasteiger charge is -2.05. The average Bonchev–Trinajstić information content (AvgIpc) is 2.47. The Morgan fingerprint density at radius 2 is 1.38 bits per heavy atom. The van der Waals surface area contributed by atoms with E-state index in [0.717, 1.165) is 16.7 Å². The van der Waals surface area contributed by atoms with Gasteiger partial charge >= 0.3 is 0 Å². The molecule has 0 radical (unpaired) electrons. The van der Waals surface area contributed by atoms with Crippen LogP contribution in [-0.2, 0) is 14.1 Å². The summed E-state index contributed by atoms with van der Waals surface area (Å²) < 4.78 is 12.1. The first-order valence-electron chi connectivity index (χ1n) is 6.63. The molecule has 0 aromatic heterocycles. The molecule has 108 valence electrons. The highest BCUT2D eigenvalue weighted by molar-refractivity contribution is 8.04. The molecule has 0 aliphatic carbocycles. The first-order chi connectivity index (χ1) is 9.96. The molecule has 0 fully saturated rings. The molecule has 2 rings (SSSR count). The third-order valence-electron chi connectivity index (χ3n) is 2.88. The van der Waals surface area contributed by atoms with Crippen molar-refractivity contribution in [2.75, 3.05) is 12.5 Å². The van der Waals surface area contributed by atoms with Crippen molar-refractivity contribution in [1.29, 1.82) is 0 Å². The monoisotopic (exact) mass is 299 g/mol. The second-order valence-corrected chi connectivity index (χ2v) is 8.00. The Morgan fingerprint density at radius 1 is 0.905 bits per heavy atom. The quantitative estimate of drug-likeness (QED) is 0.516. The van der Waals surface area contributed by atoms with E-state index in [2.05, 4.69) is 0 Å². The van der Waals surface area contributed by atoms with Crippen molar-refractivity contribution in [2.45, 2.75) is 0 Å². The van der Waals surface area contributed by atoms with Crippen LogP contribution in [0.4, 0.5) is 0 Å². The van der Waals surface area contributed by atoms with Gasteiger partial charge in [-0.05, 0) is 11.6 Å². The SMILES string of the molecule is C[S+](C)(=O)/C=C(\C=C(\O)c1ccccc1)c1ccccc1. The smallest absolute Gasteiger partial charge is 0.129 e. The lowest BCUT2D eigenvalue weighted by molar-refractivity contribution is 0.512. The lowest BCUT2D eigenvalue weighted by atomic mass is 10.1. The van der Waals surface area contributed by atoms with E-state index in [0.29, 0.717) is 0 Å². The van der Waals surface area contributed by atoms with Gasteiger partial charge < -0.3 is 5.11 Å². The maximum Gasteiger partial charge on any atom is 0.129 e. The maximum atomic E-state index is 12.1. The normalized spacial score (nSPS) is 13.2. The van der Waals surface area contributed by atoms with Gasteiger partial charge in [-0.25, -0.2) is 0 Å². The van der Waals surface area contributed by atoms with Gasteiger partial charge in [0.25, 0.3) is 0 Å². The standard InChI is InChI=1S/C18H18O2S/c1-21(2,20)14-17(15-9-5-3-6-10-15)13-18(19)16-11-7-4-8-12-16/h3-14H,1-2H3/p+1. The van der Waals surface area contributed by atoms with Gasteiger partial charge in [-0.15, -0.1) is 4.21 Å². The summed E-state index contributed by atoms with van der Waals surface area (Å²) in [5.41, 5.74) is 2.42. The van der Waals surface area contributed by atoms with E-state index in [1.165, 1.54) is 0 Å². The van der Waals surface area contributed by atoms with Gasteiger partial charge in [-0.2, -0.15) is 0 Å². The van der Waals surface area contributed by atoms with Crippen LogP contribution < -0.4 is 0 Å². The second-order valence-electron chi connectivity index (χ2n) is 5.14. The average molecular weight is 299 g/mol. The predicted molar refractivity (Wildman–Crippen MR) is 91.4 cm³/mol. The topological polar surface area (TPSA) is 37.3 Å².